The normalized spacial score (nSPS) is 30.2. The number of carbonyl (C=O) groups is 1. The second-order valence-corrected chi connectivity index (χ2v) is 5.74. The molecule has 0 aromatic rings. The minimum Gasteiger partial charge on any atom is -0.449 e. The van der Waals surface area contributed by atoms with Gasteiger partial charge < -0.3 is 14.6 Å². The third kappa shape index (κ3) is 4.44. The Morgan fingerprint density at radius 2 is 2.11 bits per heavy atom. The Kier molecular flexibility index (Phi) is 5.60. The van der Waals surface area contributed by atoms with Gasteiger partial charge in [0.05, 0.1) is 12.0 Å². The van der Waals surface area contributed by atoms with Crippen molar-refractivity contribution < 1.29 is 19.4 Å². The van der Waals surface area contributed by atoms with Crippen molar-refractivity contribution in [2.45, 2.75) is 38.7 Å². The number of nitrogens with zero attached hydrogens (tertiary/aromatic N) is 1. The Morgan fingerprint density at radius 1 is 1.37 bits per heavy atom. The monoisotopic (exact) mass is 271 g/mol. The molecular formula is C14H25NO4. The third-order valence-electron chi connectivity index (χ3n) is 4.17. The summed E-state index contributed by atoms with van der Waals surface area (Å²) in [6.07, 6.45) is 3.68. The Bertz CT molecular complexity index is 289. The van der Waals surface area contributed by atoms with Gasteiger partial charge in [0.15, 0.2) is 0 Å². The number of ether oxygens (including phenoxy) is 2. The highest BCUT2D eigenvalue weighted by molar-refractivity contribution is 5.72. The maximum atomic E-state index is 12.0. The summed E-state index contributed by atoms with van der Waals surface area (Å²) in [6.45, 7) is 5.13. The summed E-state index contributed by atoms with van der Waals surface area (Å²) < 4.78 is 10.8. The number of aliphatic hydroxyl groups excluding tert-OH is 1. The highest BCUT2D eigenvalue weighted by atomic mass is 16.5. The predicted molar refractivity (Wildman–Crippen MR) is 70.5 cm³/mol. The fourth-order valence-electron chi connectivity index (χ4n) is 2.78. The van der Waals surface area contributed by atoms with E-state index in [0.717, 1.165) is 38.8 Å². The summed E-state index contributed by atoms with van der Waals surface area (Å²) in [5.41, 5.74) is 0. The lowest BCUT2D eigenvalue weighted by Gasteiger charge is -2.31. The molecule has 2 rings (SSSR count). The van der Waals surface area contributed by atoms with E-state index in [9.17, 15) is 4.79 Å². The SMILES string of the molecule is CC1CC(C(=O)OCN2CCC(CO)CC2)CCO1. The Hall–Kier alpha value is -0.650. The molecule has 2 aliphatic rings. The molecule has 2 fully saturated rings. The van der Waals surface area contributed by atoms with E-state index in [1.807, 2.05) is 6.92 Å². The Balaban J connectivity index is 1.66. The van der Waals surface area contributed by atoms with Gasteiger partial charge in [0, 0.05) is 26.3 Å². The highest BCUT2D eigenvalue weighted by Gasteiger charge is 2.27. The van der Waals surface area contributed by atoms with E-state index in [2.05, 4.69) is 4.90 Å². The van der Waals surface area contributed by atoms with E-state index < -0.39 is 0 Å². The van der Waals surface area contributed by atoms with Crippen molar-refractivity contribution in [3.05, 3.63) is 0 Å². The van der Waals surface area contributed by atoms with Crippen LogP contribution in [0.1, 0.15) is 32.6 Å². The van der Waals surface area contributed by atoms with Gasteiger partial charge in [0.25, 0.3) is 0 Å². The van der Waals surface area contributed by atoms with Crippen LogP contribution in [0.25, 0.3) is 0 Å². The molecule has 2 aliphatic heterocycles. The summed E-state index contributed by atoms with van der Waals surface area (Å²) in [6, 6.07) is 0. The lowest BCUT2D eigenvalue weighted by Crippen LogP contribution is -2.38. The van der Waals surface area contributed by atoms with E-state index in [4.69, 9.17) is 14.6 Å². The van der Waals surface area contributed by atoms with Crippen LogP contribution in [0.15, 0.2) is 0 Å². The number of hydrogen-bond acceptors (Lipinski definition) is 5. The van der Waals surface area contributed by atoms with E-state index in [-0.39, 0.29) is 24.6 Å². The van der Waals surface area contributed by atoms with Crippen molar-refractivity contribution in [1.82, 2.24) is 4.90 Å². The largest absolute Gasteiger partial charge is 0.449 e. The van der Waals surface area contributed by atoms with E-state index in [0.29, 0.717) is 19.3 Å². The zero-order chi connectivity index (χ0) is 13.7. The molecule has 5 nitrogen and oxygen atoms in total. The van der Waals surface area contributed by atoms with Crippen LogP contribution in [-0.4, -0.2) is 55.1 Å². The highest BCUT2D eigenvalue weighted by Crippen LogP contribution is 2.22. The molecule has 0 amide bonds. The number of piperidine rings is 1. The van der Waals surface area contributed by atoms with Gasteiger partial charge in [-0.1, -0.05) is 0 Å². The van der Waals surface area contributed by atoms with Gasteiger partial charge >= 0.3 is 5.97 Å². The van der Waals surface area contributed by atoms with E-state index in [1.165, 1.54) is 0 Å². The molecule has 0 aromatic heterocycles. The first-order valence-corrected chi connectivity index (χ1v) is 7.30. The maximum Gasteiger partial charge on any atom is 0.310 e. The van der Waals surface area contributed by atoms with Crippen molar-refractivity contribution in [2.24, 2.45) is 11.8 Å². The summed E-state index contributed by atoms with van der Waals surface area (Å²) in [4.78, 5) is 14.1. The van der Waals surface area contributed by atoms with Crippen molar-refractivity contribution in [2.75, 3.05) is 33.0 Å². The Labute approximate surface area is 114 Å². The van der Waals surface area contributed by atoms with Crippen LogP contribution >= 0.6 is 0 Å². The second kappa shape index (κ2) is 7.22. The number of rotatable bonds is 4. The zero-order valence-corrected chi connectivity index (χ0v) is 11.7. The number of aliphatic hydroxyl groups is 1. The molecule has 110 valence electrons. The molecule has 0 radical (unpaired) electrons. The number of esters is 1. The molecule has 0 saturated carbocycles. The predicted octanol–water partition coefficient (Wildman–Crippen LogP) is 1.01. The van der Waals surface area contributed by atoms with E-state index in [1.54, 1.807) is 0 Å². The van der Waals surface area contributed by atoms with Crippen molar-refractivity contribution in [1.29, 1.82) is 0 Å². The maximum absolute atomic E-state index is 12.0. The summed E-state index contributed by atoms with van der Waals surface area (Å²) in [5.74, 6) is 0.335. The molecule has 0 bridgehead atoms. The molecule has 1 N–H and O–H groups in total. The van der Waals surface area contributed by atoms with Gasteiger partial charge in [-0.25, -0.2) is 0 Å². The Morgan fingerprint density at radius 3 is 2.74 bits per heavy atom. The van der Waals surface area contributed by atoms with Crippen LogP contribution in [-0.2, 0) is 14.3 Å². The molecule has 0 aromatic carbocycles. The topological polar surface area (TPSA) is 59.0 Å². The van der Waals surface area contributed by atoms with Crippen molar-refractivity contribution in [3.63, 3.8) is 0 Å². The first-order valence-electron chi connectivity index (χ1n) is 7.30. The summed E-state index contributed by atoms with van der Waals surface area (Å²) in [7, 11) is 0. The molecule has 2 unspecified atom stereocenters. The summed E-state index contributed by atoms with van der Waals surface area (Å²) >= 11 is 0. The second-order valence-electron chi connectivity index (χ2n) is 5.74. The first kappa shape index (κ1) is 14.8. The molecule has 2 heterocycles. The van der Waals surface area contributed by atoms with Crippen LogP contribution < -0.4 is 0 Å². The minimum absolute atomic E-state index is 0.00118. The lowest BCUT2D eigenvalue weighted by molar-refractivity contribution is -0.159. The number of carbonyl (C=O) groups excluding carboxylic acids is 1. The minimum atomic E-state index is -0.0839. The quantitative estimate of drug-likeness (QED) is 0.773. The van der Waals surface area contributed by atoms with Gasteiger partial charge in [-0.2, -0.15) is 0 Å². The van der Waals surface area contributed by atoms with Crippen molar-refractivity contribution in [3.8, 4) is 0 Å². The van der Waals surface area contributed by atoms with Gasteiger partial charge in [0.1, 0.15) is 6.73 Å². The van der Waals surface area contributed by atoms with Crippen molar-refractivity contribution >= 4 is 5.97 Å². The van der Waals surface area contributed by atoms with Crippen LogP contribution in [0.2, 0.25) is 0 Å². The lowest BCUT2D eigenvalue weighted by atomic mass is 9.96. The standard InChI is InChI=1S/C14H25NO4/c1-11-8-13(4-7-18-11)14(17)19-10-15-5-2-12(9-16)3-6-15/h11-13,16H,2-10H2,1H3. The first-order chi connectivity index (χ1) is 9.19. The van der Waals surface area contributed by atoms with Gasteiger partial charge in [-0.15, -0.1) is 0 Å². The zero-order valence-electron chi connectivity index (χ0n) is 11.7. The van der Waals surface area contributed by atoms with Crippen LogP contribution in [0.5, 0.6) is 0 Å². The average Bonchev–Trinajstić information content (AvgIpc) is 2.45. The van der Waals surface area contributed by atoms with Gasteiger partial charge in [-0.05, 0) is 38.5 Å². The van der Waals surface area contributed by atoms with Gasteiger partial charge in [0.2, 0.25) is 0 Å². The van der Waals surface area contributed by atoms with Crippen LogP contribution in [0.4, 0.5) is 0 Å². The fourth-order valence-corrected chi connectivity index (χ4v) is 2.78. The fraction of sp³-hybridized carbons (Fsp3) is 0.929. The molecule has 2 atom stereocenters. The number of hydrogen-bond donors (Lipinski definition) is 1. The van der Waals surface area contributed by atoms with E-state index >= 15 is 0 Å². The molecule has 0 aliphatic carbocycles. The molecule has 19 heavy (non-hydrogen) atoms. The molecule has 2 saturated heterocycles. The van der Waals surface area contributed by atoms with Crippen LogP contribution in [0, 0.1) is 11.8 Å². The molecular weight excluding hydrogens is 246 g/mol. The number of likely N-dealkylation sites (tertiary alicyclic amines) is 1. The smallest absolute Gasteiger partial charge is 0.310 e. The average molecular weight is 271 g/mol. The van der Waals surface area contributed by atoms with Gasteiger partial charge in [-0.3, -0.25) is 9.69 Å². The summed E-state index contributed by atoms with van der Waals surface area (Å²) in [5, 5.41) is 9.07. The molecule has 0 spiro atoms. The molecule has 5 heteroatoms. The third-order valence-corrected chi connectivity index (χ3v) is 4.17. The van der Waals surface area contributed by atoms with Crippen LogP contribution in [0.3, 0.4) is 0 Å².